The van der Waals surface area contributed by atoms with E-state index in [1.54, 1.807) is 0 Å². The minimum atomic E-state index is -0.0484. The summed E-state index contributed by atoms with van der Waals surface area (Å²) in [7, 11) is 4.37. The maximum absolute atomic E-state index is 5.96. The second kappa shape index (κ2) is 7.38. The lowest BCUT2D eigenvalue weighted by atomic mass is 9.73. The van der Waals surface area contributed by atoms with Gasteiger partial charge >= 0.3 is 0 Å². The number of nitrogens with zero attached hydrogens (tertiary/aromatic N) is 1. The molecule has 0 spiro atoms. The van der Waals surface area contributed by atoms with Gasteiger partial charge in [-0.2, -0.15) is 0 Å². The first-order chi connectivity index (χ1) is 11.6. The Morgan fingerprint density at radius 3 is 2.54 bits per heavy atom. The summed E-state index contributed by atoms with van der Waals surface area (Å²) in [6.45, 7) is 3.58. The van der Waals surface area contributed by atoms with Crippen LogP contribution in [0.5, 0.6) is 0 Å². The fourth-order valence-corrected chi connectivity index (χ4v) is 4.18. The van der Waals surface area contributed by atoms with Crippen LogP contribution >= 0.6 is 15.9 Å². The van der Waals surface area contributed by atoms with E-state index in [-0.39, 0.29) is 5.54 Å². The molecule has 0 fully saturated rings. The summed E-state index contributed by atoms with van der Waals surface area (Å²) in [6, 6.07) is 15.4. The molecule has 0 radical (unpaired) electrons. The first-order valence-electron chi connectivity index (χ1n) is 8.72. The second-order valence-corrected chi connectivity index (χ2v) is 7.68. The molecule has 0 saturated heterocycles. The molecule has 0 bridgehead atoms. The lowest BCUT2D eigenvalue weighted by molar-refractivity contribution is 0.00687. The summed E-state index contributed by atoms with van der Waals surface area (Å²) < 4.78 is 7.07. The molecule has 0 heterocycles. The Labute approximate surface area is 154 Å². The molecule has 2 aromatic carbocycles. The summed E-state index contributed by atoms with van der Waals surface area (Å²) in [5.74, 6) is 0. The van der Waals surface area contributed by atoms with E-state index >= 15 is 0 Å². The molecule has 0 aliphatic heterocycles. The zero-order valence-corrected chi connectivity index (χ0v) is 16.4. The topological polar surface area (TPSA) is 12.5 Å². The van der Waals surface area contributed by atoms with Gasteiger partial charge in [-0.25, -0.2) is 0 Å². The van der Waals surface area contributed by atoms with Crippen molar-refractivity contribution in [3.05, 3.63) is 58.1 Å². The van der Waals surface area contributed by atoms with Crippen molar-refractivity contribution in [3.8, 4) is 11.1 Å². The standard InChI is InChI=1S/C21H26BrNO/c1-4-24-15-21(23(2)3)14-6-8-17-7-5-9-19(20(17)21)16-10-12-18(22)13-11-16/h5,7,9-13H,4,6,8,14-15H2,1-3H3. The predicted octanol–water partition coefficient (Wildman–Crippen LogP) is 5.25. The molecule has 1 aliphatic carbocycles. The number of ether oxygens (including phenoxy) is 1. The molecule has 2 nitrogen and oxygen atoms in total. The lowest BCUT2D eigenvalue weighted by Gasteiger charge is -2.45. The van der Waals surface area contributed by atoms with Crippen LogP contribution in [0.3, 0.4) is 0 Å². The van der Waals surface area contributed by atoms with Crippen molar-refractivity contribution in [1.29, 1.82) is 0 Å². The highest BCUT2D eigenvalue weighted by Crippen LogP contribution is 2.44. The zero-order chi connectivity index (χ0) is 17.2. The number of aryl methyl sites for hydroxylation is 1. The quantitative estimate of drug-likeness (QED) is 0.694. The monoisotopic (exact) mass is 387 g/mol. The van der Waals surface area contributed by atoms with Gasteiger partial charge in [0.15, 0.2) is 0 Å². The van der Waals surface area contributed by atoms with Crippen LogP contribution in [0.1, 0.15) is 30.9 Å². The van der Waals surface area contributed by atoms with E-state index in [0.29, 0.717) is 0 Å². The summed E-state index contributed by atoms with van der Waals surface area (Å²) >= 11 is 3.54. The van der Waals surface area contributed by atoms with Gasteiger partial charge in [0.05, 0.1) is 12.1 Å². The summed E-state index contributed by atoms with van der Waals surface area (Å²) in [5, 5.41) is 0. The Morgan fingerprint density at radius 1 is 1.12 bits per heavy atom. The highest BCUT2D eigenvalue weighted by atomic mass is 79.9. The molecular weight excluding hydrogens is 362 g/mol. The molecule has 3 rings (SSSR count). The minimum Gasteiger partial charge on any atom is -0.379 e. The van der Waals surface area contributed by atoms with Gasteiger partial charge in [-0.05, 0) is 74.7 Å². The van der Waals surface area contributed by atoms with Crippen molar-refractivity contribution in [2.75, 3.05) is 27.3 Å². The van der Waals surface area contributed by atoms with Crippen LogP contribution in [0, 0.1) is 0 Å². The van der Waals surface area contributed by atoms with Crippen LogP contribution in [0.25, 0.3) is 11.1 Å². The van der Waals surface area contributed by atoms with Crippen molar-refractivity contribution < 1.29 is 4.74 Å². The molecule has 0 aromatic heterocycles. The number of rotatable bonds is 5. The van der Waals surface area contributed by atoms with Crippen molar-refractivity contribution >= 4 is 15.9 Å². The third-order valence-corrected chi connectivity index (χ3v) is 5.74. The molecule has 1 aliphatic rings. The smallest absolute Gasteiger partial charge is 0.0700 e. The highest BCUT2D eigenvalue weighted by molar-refractivity contribution is 9.10. The van der Waals surface area contributed by atoms with E-state index in [9.17, 15) is 0 Å². The molecule has 0 N–H and O–H groups in total. The maximum Gasteiger partial charge on any atom is 0.0700 e. The Balaban J connectivity index is 2.18. The van der Waals surface area contributed by atoms with E-state index in [1.165, 1.54) is 28.7 Å². The van der Waals surface area contributed by atoms with E-state index < -0.39 is 0 Å². The van der Waals surface area contributed by atoms with Gasteiger partial charge in [0.25, 0.3) is 0 Å². The van der Waals surface area contributed by atoms with Gasteiger partial charge in [-0.3, -0.25) is 4.90 Å². The Kier molecular flexibility index (Phi) is 5.43. The molecule has 0 saturated carbocycles. The number of likely N-dealkylation sites (N-methyl/N-ethyl adjacent to an activating group) is 1. The van der Waals surface area contributed by atoms with Crippen LogP contribution in [0.4, 0.5) is 0 Å². The molecular formula is C21H26BrNO. The first kappa shape index (κ1) is 17.7. The fraction of sp³-hybridized carbons (Fsp3) is 0.429. The largest absolute Gasteiger partial charge is 0.379 e. The third kappa shape index (κ3) is 3.17. The average molecular weight is 388 g/mol. The number of halogens is 1. The van der Waals surface area contributed by atoms with E-state index in [1.807, 2.05) is 0 Å². The SMILES string of the molecule is CCOCC1(N(C)C)CCCc2cccc(-c3ccc(Br)cc3)c21. The fourth-order valence-electron chi connectivity index (χ4n) is 3.92. The van der Waals surface area contributed by atoms with Crippen LogP contribution in [0.2, 0.25) is 0 Å². The van der Waals surface area contributed by atoms with E-state index in [4.69, 9.17) is 4.74 Å². The molecule has 2 aromatic rings. The van der Waals surface area contributed by atoms with E-state index in [2.05, 4.69) is 84.3 Å². The molecule has 0 amide bonds. The predicted molar refractivity (Wildman–Crippen MR) is 104 cm³/mol. The first-order valence-corrected chi connectivity index (χ1v) is 9.51. The van der Waals surface area contributed by atoms with Crippen LogP contribution in [-0.2, 0) is 16.7 Å². The van der Waals surface area contributed by atoms with Gasteiger partial charge in [-0.15, -0.1) is 0 Å². The van der Waals surface area contributed by atoms with Gasteiger partial charge in [-0.1, -0.05) is 46.3 Å². The highest BCUT2D eigenvalue weighted by Gasteiger charge is 2.40. The van der Waals surface area contributed by atoms with Gasteiger partial charge in [0.1, 0.15) is 0 Å². The van der Waals surface area contributed by atoms with E-state index in [0.717, 1.165) is 30.5 Å². The van der Waals surface area contributed by atoms with Gasteiger partial charge < -0.3 is 4.74 Å². The zero-order valence-electron chi connectivity index (χ0n) is 14.8. The number of benzene rings is 2. The molecule has 24 heavy (non-hydrogen) atoms. The number of hydrogen-bond acceptors (Lipinski definition) is 2. The summed E-state index contributed by atoms with van der Waals surface area (Å²) in [4.78, 5) is 2.36. The number of fused-ring (bicyclic) bond motifs is 1. The van der Waals surface area contributed by atoms with Crippen molar-refractivity contribution in [3.63, 3.8) is 0 Å². The van der Waals surface area contributed by atoms with Gasteiger partial charge in [0.2, 0.25) is 0 Å². The third-order valence-electron chi connectivity index (χ3n) is 5.21. The van der Waals surface area contributed by atoms with Crippen molar-refractivity contribution in [2.24, 2.45) is 0 Å². The summed E-state index contributed by atoms with van der Waals surface area (Å²) in [5.41, 5.74) is 5.49. The molecule has 128 valence electrons. The van der Waals surface area contributed by atoms with Crippen LogP contribution < -0.4 is 0 Å². The van der Waals surface area contributed by atoms with Gasteiger partial charge in [0, 0.05) is 11.1 Å². The van der Waals surface area contributed by atoms with Crippen LogP contribution in [0.15, 0.2) is 46.9 Å². The van der Waals surface area contributed by atoms with Crippen molar-refractivity contribution in [1.82, 2.24) is 4.90 Å². The lowest BCUT2D eigenvalue weighted by Crippen LogP contribution is -2.48. The summed E-state index contributed by atoms with van der Waals surface area (Å²) in [6.07, 6.45) is 3.50. The van der Waals surface area contributed by atoms with Crippen LogP contribution in [-0.4, -0.2) is 32.2 Å². The number of hydrogen-bond donors (Lipinski definition) is 0. The Morgan fingerprint density at radius 2 is 1.88 bits per heavy atom. The Hall–Kier alpha value is -1.16. The maximum atomic E-state index is 5.96. The Bertz CT molecular complexity index is 695. The van der Waals surface area contributed by atoms with Crippen molar-refractivity contribution in [2.45, 2.75) is 31.7 Å². The molecule has 3 heteroatoms. The second-order valence-electron chi connectivity index (χ2n) is 6.76. The minimum absolute atomic E-state index is 0.0484. The molecule has 1 unspecified atom stereocenters. The normalized spacial score (nSPS) is 20.2. The average Bonchev–Trinajstić information content (AvgIpc) is 2.60. The molecule has 1 atom stereocenters.